The lowest BCUT2D eigenvalue weighted by molar-refractivity contribution is -0.145. The topological polar surface area (TPSA) is 119 Å². The first-order chi connectivity index (χ1) is 24.7. The second kappa shape index (κ2) is 37.6. The summed E-state index contributed by atoms with van der Waals surface area (Å²) >= 11 is 0. The summed E-state index contributed by atoms with van der Waals surface area (Å²) in [6, 6.07) is 0. The lowest BCUT2D eigenvalue weighted by Gasteiger charge is -2.36. The molecule has 0 saturated heterocycles. The minimum atomic E-state index is -1.70. The number of ether oxygens (including phenoxy) is 10. The van der Waals surface area contributed by atoms with Crippen LogP contribution in [0.2, 0.25) is 18.1 Å². The van der Waals surface area contributed by atoms with Crippen LogP contribution in [-0.4, -0.2) is 146 Å². The molecule has 0 bridgehead atoms. The molecule has 0 N–H and O–H groups in total. The summed E-state index contributed by atoms with van der Waals surface area (Å²) in [6.45, 7) is 23.5. The van der Waals surface area contributed by atoms with Crippen LogP contribution in [0.4, 0.5) is 0 Å². The third kappa shape index (κ3) is 37.4. The predicted molar refractivity (Wildman–Crippen MR) is 203 cm³/mol. The quantitative estimate of drug-likeness (QED) is 0.0379. The second-order valence-corrected chi connectivity index (χ2v) is 18.7. The Hall–Kier alpha value is -0.713. The number of carbonyl (C=O) groups is 1. The Kier molecular flexibility index (Phi) is 37.1. The van der Waals surface area contributed by atoms with Crippen LogP contribution >= 0.6 is 0 Å². The van der Waals surface area contributed by atoms with Crippen molar-refractivity contribution in [3.63, 3.8) is 0 Å². The van der Waals surface area contributed by atoms with Crippen LogP contribution < -0.4 is 0 Å². The summed E-state index contributed by atoms with van der Waals surface area (Å²) in [5.41, 5.74) is 0. The molecule has 0 rings (SSSR count). The molecule has 12 nitrogen and oxygen atoms in total. The van der Waals surface area contributed by atoms with Crippen molar-refractivity contribution >= 4 is 14.3 Å². The van der Waals surface area contributed by atoms with E-state index in [4.69, 9.17) is 51.8 Å². The van der Waals surface area contributed by atoms with Crippen LogP contribution in [0.1, 0.15) is 91.9 Å². The highest BCUT2D eigenvalue weighted by Gasteiger charge is 2.36. The molecule has 0 aliphatic carbocycles. The summed E-state index contributed by atoms with van der Waals surface area (Å²) < 4.78 is 60.9. The molecule has 51 heavy (non-hydrogen) atoms. The highest BCUT2D eigenvalue weighted by atomic mass is 28.4. The zero-order valence-corrected chi connectivity index (χ0v) is 34.6. The molecule has 0 aromatic carbocycles. The summed E-state index contributed by atoms with van der Waals surface area (Å²) in [7, 11) is -1.70. The van der Waals surface area contributed by atoms with Crippen molar-refractivity contribution in [2.75, 3.05) is 132 Å². The Morgan fingerprint density at radius 1 is 0.412 bits per heavy atom. The van der Waals surface area contributed by atoms with Crippen LogP contribution in [0.5, 0.6) is 0 Å². The number of hydrogen-bond donors (Lipinski definition) is 0. The summed E-state index contributed by atoms with van der Waals surface area (Å²) in [5.74, 6) is -0.135. The van der Waals surface area contributed by atoms with Gasteiger partial charge in [0.05, 0.1) is 126 Å². The van der Waals surface area contributed by atoms with Gasteiger partial charge in [-0.15, -0.1) is 0 Å². The first-order valence-corrected chi connectivity index (χ1v) is 22.6. The van der Waals surface area contributed by atoms with Gasteiger partial charge in [0.2, 0.25) is 0 Å². The molecule has 0 spiro atoms. The zero-order valence-electron chi connectivity index (χ0n) is 33.6. The van der Waals surface area contributed by atoms with E-state index < -0.39 is 8.32 Å². The molecule has 0 aromatic rings. The maximum atomic E-state index is 11.8. The fourth-order valence-corrected chi connectivity index (χ4v) is 5.33. The van der Waals surface area contributed by atoms with Crippen molar-refractivity contribution < 1.29 is 56.6 Å². The van der Waals surface area contributed by atoms with Crippen molar-refractivity contribution in [1.82, 2.24) is 0 Å². The molecular formula is C38H78O12Si. The number of carbonyl (C=O) groups excluding carboxylic acids is 1. The van der Waals surface area contributed by atoms with Gasteiger partial charge in [0.25, 0.3) is 0 Å². The minimum absolute atomic E-state index is 0.135. The minimum Gasteiger partial charge on any atom is -0.463 e. The normalized spacial score (nSPS) is 12.2. The Labute approximate surface area is 312 Å². The van der Waals surface area contributed by atoms with Crippen molar-refractivity contribution in [2.45, 2.75) is 110 Å². The van der Waals surface area contributed by atoms with Gasteiger partial charge in [-0.05, 0) is 24.6 Å². The van der Waals surface area contributed by atoms with Gasteiger partial charge < -0.3 is 51.8 Å². The van der Waals surface area contributed by atoms with Gasteiger partial charge in [0.1, 0.15) is 6.61 Å². The molecule has 0 aromatic heterocycles. The van der Waals surface area contributed by atoms with E-state index in [1.54, 1.807) is 0 Å². The maximum absolute atomic E-state index is 11.8. The number of unbranched alkanes of at least 4 members (excludes halogenated alkanes) is 8. The van der Waals surface area contributed by atoms with Gasteiger partial charge in [-0.3, -0.25) is 4.79 Å². The second-order valence-electron chi connectivity index (χ2n) is 13.9. The lowest BCUT2D eigenvalue weighted by atomic mass is 10.1. The third-order valence-electron chi connectivity index (χ3n) is 8.45. The monoisotopic (exact) mass is 755 g/mol. The molecule has 0 radical (unpaired) electrons. The van der Waals surface area contributed by atoms with Crippen molar-refractivity contribution in [3.05, 3.63) is 0 Å². The van der Waals surface area contributed by atoms with E-state index in [-0.39, 0.29) is 17.6 Å². The summed E-state index contributed by atoms with van der Waals surface area (Å²) in [5, 5.41) is 0.215. The SMILES string of the molecule is CCCCCCCCCCCC(=O)OCCOCCOCCOCCOCCOCCOCCOCCOCCOCCO[Si](C)(C)C(C)(C)C. The number of hydrogen-bond acceptors (Lipinski definition) is 12. The molecule has 0 saturated carbocycles. The fourth-order valence-electron chi connectivity index (χ4n) is 4.30. The van der Waals surface area contributed by atoms with E-state index in [1.807, 2.05) is 0 Å². The lowest BCUT2D eigenvalue weighted by Crippen LogP contribution is -2.41. The van der Waals surface area contributed by atoms with Gasteiger partial charge in [0.15, 0.2) is 8.32 Å². The average molecular weight is 755 g/mol. The van der Waals surface area contributed by atoms with Gasteiger partial charge in [-0.1, -0.05) is 79.1 Å². The molecule has 0 fully saturated rings. The highest BCUT2D eigenvalue weighted by Crippen LogP contribution is 2.36. The Morgan fingerprint density at radius 3 is 1.00 bits per heavy atom. The van der Waals surface area contributed by atoms with E-state index >= 15 is 0 Å². The third-order valence-corrected chi connectivity index (χ3v) is 13.0. The molecule has 0 amide bonds. The summed E-state index contributed by atoms with van der Waals surface area (Å²) in [6.07, 6.45) is 11.6. The van der Waals surface area contributed by atoms with Crippen LogP contribution in [0.15, 0.2) is 0 Å². The molecular weight excluding hydrogens is 676 g/mol. The number of rotatable bonds is 41. The van der Waals surface area contributed by atoms with Crippen molar-refractivity contribution in [3.8, 4) is 0 Å². The zero-order chi connectivity index (χ0) is 37.6. The van der Waals surface area contributed by atoms with Gasteiger partial charge in [-0.2, -0.15) is 0 Å². The molecule has 0 aliphatic rings. The van der Waals surface area contributed by atoms with Gasteiger partial charge >= 0.3 is 5.97 Å². The molecule has 306 valence electrons. The van der Waals surface area contributed by atoms with E-state index in [2.05, 4.69) is 40.8 Å². The highest BCUT2D eigenvalue weighted by molar-refractivity contribution is 6.74. The van der Waals surface area contributed by atoms with Crippen LogP contribution in [0.3, 0.4) is 0 Å². The van der Waals surface area contributed by atoms with E-state index in [9.17, 15) is 4.79 Å². The summed E-state index contributed by atoms with van der Waals surface area (Å²) in [4.78, 5) is 11.8. The van der Waals surface area contributed by atoms with Gasteiger partial charge in [-0.25, -0.2) is 0 Å². The first-order valence-electron chi connectivity index (χ1n) is 19.7. The number of esters is 1. The molecule has 13 heteroatoms. The van der Waals surface area contributed by atoms with Crippen LogP contribution in [-0.2, 0) is 56.6 Å². The smallest absolute Gasteiger partial charge is 0.305 e. The van der Waals surface area contributed by atoms with Crippen LogP contribution in [0.25, 0.3) is 0 Å². The van der Waals surface area contributed by atoms with E-state index in [0.29, 0.717) is 132 Å². The van der Waals surface area contributed by atoms with E-state index in [0.717, 1.165) is 12.8 Å². The Balaban J connectivity index is 3.17. The standard InChI is InChI=1S/C38H78O12Si/c1-7-8-9-10-11-12-13-14-15-16-37(39)49-35-33-47-31-29-45-27-25-43-23-21-41-19-17-40-18-20-42-22-24-44-26-28-46-30-32-48-34-36-50-51(5,6)38(2,3)4/h7-36H2,1-6H3. The predicted octanol–water partition coefficient (Wildman–Crippen LogP) is 6.62. The Morgan fingerprint density at radius 2 is 0.686 bits per heavy atom. The average Bonchev–Trinajstić information content (AvgIpc) is 3.09. The van der Waals surface area contributed by atoms with Crippen molar-refractivity contribution in [1.29, 1.82) is 0 Å². The van der Waals surface area contributed by atoms with Crippen LogP contribution in [0, 0.1) is 0 Å². The molecule has 0 unspecified atom stereocenters. The largest absolute Gasteiger partial charge is 0.463 e. The fraction of sp³-hybridized carbons (Fsp3) is 0.974. The van der Waals surface area contributed by atoms with Gasteiger partial charge in [0, 0.05) is 6.42 Å². The molecule has 0 atom stereocenters. The van der Waals surface area contributed by atoms with E-state index in [1.165, 1.54) is 44.9 Å². The molecule has 0 heterocycles. The molecule has 0 aliphatic heterocycles. The van der Waals surface area contributed by atoms with Crippen molar-refractivity contribution in [2.24, 2.45) is 0 Å². The Bertz CT molecular complexity index is 723. The first kappa shape index (κ1) is 50.3. The maximum Gasteiger partial charge on any atom is 0.305 e.